The van der Waals surface area contributed by atoms with E-state index in [1.54, 1.807) is 0 Å². The molecule has 0 aliphatic heterocycles. The Bertz CT molecular complexity index is 456. The van der Waals surface area contributed by atoms with Crippen molar-refractivity contribution in [3.05, 3.63) is 16.7 Å². The first-order valence-electron chi connectivity index (χ1n) is 6.03. The summed E-state index contributed by atoms with van der Waals surface area (Å²) in [6, 6.07) is 0.758. The highest BCUT2D eigenvalue weighted by Crippen LogP contribution is 2.71. The van der Waals surface area contributed by atoms with Crippen molar-refractivity contribution in [2.24, 2.45) is 23.7 Å². The highest BCUT2D eigenvalue weighted by Gasteiger charge is 2.65. The summed E-state index contributed by atoms with van der Waals surface area (Å²) in [6.07, 6.45) is 6.70. The van der Waals surface area contributed by atoms with Gasteiger partial charge in [-0.15, -0.1) is 0 Å². The molecule has 2 nitrogen and oxygen atoms in total. The number of H-pyrrole nitrogens is 1. The third kappa shape index (κ3) is 0.975. The molecule has 1 N–H and O–H groups in total. The number of nitrogens with one attached hydrogen (secondary N) is 1. The minimum Gasteiger partial charge on any atom is -0.335 e. The van der Waals surface area contributed by atoms with Gasteiger partial charge in [0.15, 0.2) is 4.77 Å². The van der Waals surface area contributed by atoms with Crippen LogP contribution in [0.1, 0.15) is 31.0 Å². The Kier molecular flexibility index (Phi) is 1.47. The van der Waals surface area contributed by atoms with Crippen LogP contribution in [0.5, 0.6) is 0 Å². The van der Waals surface area contributed by atoms with Gasteiger partial charge in [-0.2, -0.15) is 0 Å². The Hall–Kier alpha value is -0.570. The van der Waals surface area contributed by atoms with Gasteiger partial charge in [-0.25, -0.2) is 0 Å². The monoisotopic (exact) mass is 220 g/mol. The Morgan fingerprint density at radius 1 is 1.33 bits per heavy atom. The number of hydrogen-bond acceptors (Lipinski definition) is 1. The maximum Gasteiger partial charge on any atom is 0.177 e. The molecule has 1 aromatic heterocycles. The van der Waals surface area contributed by atoms with Crippen LogP contribution in [0.15, 0.2) is 6.20 Å². The molecule has 3 aliphatic rings. The van der Waals surface area contributed by atoms with Gasteiger partial charge in [0.05, 0.1) is 0 Å². The molecule has 0 amide bonds. The van der Waals surface area contributed by atoms with E-state index in [1.807, 2.05) is 0 Å². The molecule has 80 valence electrons. The maximum atomic E-state index is 5.37. The second-order valence-corrected chi connectivity index (χ2v) is 6.01. The standard InChI is InChI=1S/C12H16N2S/c1-6-5-14(12(15)13-6)11-9-7-2-3-8(4-7)10(9)11/h5,7-11H,2-4H2,1H3,(H,13,15). The number of hydrogen-bond donors (Lipinski definition) is 1. The summed E-state index contributed by atoms with van der Waals surface area (Å²) in [5.41, 5.74) is 1.21. The van der Waals surface area contributed by atoms with Gasteiger partial charge in [0.25, 0.3) is 0 Å². The molecule has 1 heterocycles. The Morgan fingerprint density at radius 3 is 2.53 bits per heavy atom. The van der Waals surface area contributed by atoms with E-state index in [4.69, 9.17) is 12.2 Å². The molecule has 0 aromatic carbocycles. The lowest BCUT2D eigenvalue weighted by Gasteiger charge is -2.09. The summed E-state index contributed by atoms with van der Waals surface area (Å²) in [5, 5.41) is 0. The van der Waals surface area contributed by atoms with Crippen LogP contribution in [0.25, 0.3) is 0 Å². The van der Waals surface area contributed by atoms with Crippen LogP contribution in [0, 0.1) is 35.4 Å². The second-order valence-electron chi connectivity index (χ2n) is 5.63. The quantitative estimate of drug-likeness (QED) is 0.721. The van der Waals surface area contributed by atoms with E-state index in [1.165, 1.54) is 25.0 Å². The number of rotatable bonds is 1. The second kappa shape index (κ2) is 2.57. The van der Waals surface area contributed by atoms with E-state index >= 15 is 0 Å². The molecule has 4 atom stereocenters. The number of aromatic nitrogens is 2. The predicted molar refractivity (Wildman–Crippen MR) is 61.2 cm³/mol. The fourth-order valence-electron chi connectivity index (χ4n) is 4.40. The zero-order valence-corrected chi connectivity index (χ0v) is 9.76. The number of aromatic amines is 1. The Balaban J connectivity index is 1.72. The third-order valence-corrected chi connectivity index (χ3v) is 5.20. The summed E-state index contributed by atoms with van der Waals surface area (Å²) in [4.78, 5) is 3.25. The van der Waals surface area contributed by atoms with Crippen molar-refractivity contribution in [3.8, 4) is 0 Å². The first kappa shape index (κ1) is 8.57. The van der Waals surface area contributed by atoms with Crippen molar-refractivity contribution >= 4 is 12.2 Å². The first-order valence-corrected chi connectivity index (χ1v) is 6.44. The van der Waals surface area contributed by atoms with Crippen molar-refractivity contribution in [3.63, 3.8) is 0 Å². The van der Waals surface area contributed by atoms with E-state index in [0.29, 0.717) is 0 Å². The topological polar surface area (TPSA) is 20.7 Å². The average Bonchev–Trinajstić information content (AvgIpc) is 2.57. The van der Waals surface area contributed by atoms with Gasteiger partial charge in [-0.3, -0.25) is 0 Å². The fourth-order valence-corrected chi connectivity index (χ4v) is 4.74. The lowest BCUT2D eigenvalue weighted by Crippen LogP contribution is -2.03. The molecule has 0 saturated heterocycles. The van der Waals surface area contributed by atoms with E-state index < -0.39 is 0 Å². The summed E-state index contributed by atoms with van der Waals surface area (Å²) in [5.74, 6) is 4.01. The van der Waals surface area contributed by atoms with E-state index in [-0.39, 0.29) is 0 Å². The zero-order chi connectivity index (χ0) is 10.2. The van der Waals surface area contributed by atoms with Gasteiger partial charge in [0, 0.05) is 17.9 Å². The maximum absolute atomic E-state index is 5.37. The summed E-state index contributed by atoms with van der Waals surface area (Å²) < 4.78 is 3.27. The van der Waals surface area contributed by atoms with Gasteiger partial charge in [0.1, 0.15) is 0 Å². The fraction of sp³-hybridized carbons (Fsp3) is 0.750. The molecule has 4 unspecified atom stereocenters. The van der Waals surface area contributed by atoms with Crippen molar-refractivity contribution in [1.82, 2.24) is 9.55 Å². The van der Waals surface area contributed by atoms with E-state index in [2.05, 4.69) is 22.7 Å². The third-order valence-electron chi connectivity index (χ3n) is 4.89. The lowest BCUT2D eigenvalue weighted by atomic mass is 10.0. The Morgan fingerprint density at radius 2 is 2.00 bits per heavy atom. The van der Waals surface area contributed by atoms with E-state index in [0.717, 1.165) is 34.5 Å². The minimum absolute atomic E-state index is 0.758. The van der Waals surface area contributed by atoms with Gasteiger partial charge in [0.2, 0.25) is 0 Å². The molecule has 0 spiro atoms. The van der Waals surface area contributed by atoms with Crippen LogP contribution in [0.2, 0.25) is 0 Å². The SMILES string of the molecule is Cc1cn(C2C3C4CCC(C4)C32)c(=S)[nH]1. The summed E-state index contributed by atoms with van der Waals surface area (Å²) in [6.45, 7) is 2.10. The number of fused-ring (bicyclic) bond motifs is 5. The van der Waals surface area contributed by atoms with Crippen LogP contribution in [-0.2, 0) is 0 Å². The first-order chi connectivity index (χ1) is 7.25. The molecule has 1 aromatic rings. The number of nitrogens with zero attached hydrogens (tertiary/aromatic N) is 1. The highest BCUT2D eigenvalue weighted by molar-refractivity contribution is 7.71. The molecule has 15 heavy (non-hydrogen) atoms. The molecular formula is C12H16N2S. The smallest absolute Gasteiger partial charge is 0.177 e. The van der Waals surface area contributed by atoms with Crippen molar-refractivity contribution in [1.29, 1.82) is 0 Å². The lowest BCUT2D eigenvalue weighted by molar-refractivity contribution is 0.451. The zero-order valence-electron chi connectivity index (χ0n) is 8.94. The molecule has 3 saturated carbocycles. The number of imidazole rings is 1. The molecule has 2 bridgehead atoms. The van der Waals surface area contributed by atoms with Crippen molar-refractivity contribution < 1.29 is 0 Å². The van der Waals surface area contributed by atoms with Crippen LogP contribution in [0.4, 0.5) is 0 Å². The molecule has 0 radical (unpaired) electrons. The van der Waals surface area contributed by atoms with Crippen LogP contribution in [-0.4, -0.2) is 9.55 Å². The summed E-state index contributed by atoms with van der Waals surface area (Å²) in [7, 11) is 0. The average molecular weight is 220 g/mol. The van der Waals surface area contributed by atoms with Crippen molar-refractivity contribution in [2.75, 3.05) is 0 Å². The molecule has 4 rings (SSSR count). The van der Waals surface area contributed by atoms with Gasteiger partial charge >= 0.3 is 0 Å². The van der Waals surface area contributed by atoms with Gasteiger partial charge in [-0.05, 0) is 62.1 Å². The molecule has 3 heteroatoms. The van der Waals surface area contributed by atoms with Crippen molar-refractivity contribution in [2.45, 2.75) is 32.2 Å². The predicted octanol–water partition coefficient (Wildman–Crippen LogP) is 3.07. The van der Waals surface area contributed by atoms with Gasteiger partial charge < -0.3 is 9.55 Å². The minimum atomic E-state index is 0.758. The van der Waals surface area contributed by atoms with Gasteiger partial charge in [-0.1, -0.05) is 0 Å². The largest absolute Gasteiger partial charge is 0.335 e. The molecular weight excluding hydrogens is 204 g/mol. The van der Waals surface area contributed by atoms with Crippen LogP contribution >= 0.6 is 12.2 Å². The Labute approximate surface area is 94.7 Å². The molecule has 3 fully saturated rings. The van der Waals surface area contributed by atoms with Crippen LogP contribution < -0.4 is 0 Å². The number of aryl methyl sites for hydroxylation is 1. The summed E-state index contributed by atoms with van der Waals surface area (Å²) >= 11 is 5.37. The van der Waals surface area contributed by atoms with E-state index in [9.17, 15) is 0 Å². The van der Waals surface area contributed by atoms with Crippen LogP contribution in [0.3, 0.4) is 0 Å². The molecule has 3 aliphatic carbocycles. The highest BCUT2D eigenvalue weighted by atomic mass is 32.1. The normalized spacial score (nSPS) is 45.8.